The second-order valence-electron chi connectivity index (χ2n) is 12.6. The first-order chi connectivity index (χ1) is 21.5. The maximum Gasteiger partial charge on any atom is 0.159 e. The molecule has 0 spiro atoms. The fourth-order valence-corrected chi connectivity index (χ4v) is 7.50. The number of benzene rings is 7. The van der Waals surface area contributed by atoms with E-state index in [-0.39, 0.29) is 5.41 Å². The first-order valence-corrected chi connectivity index (χ1v) is 15.4. The molecule has 1 aromatic heterocycles. The van der Waals surface area contributed by atoms with E-state index in [2.05, 4.69) is 159 Å². The molecule has 210 valence electrons. The lowest BCUT2D eigenvalue weighted by Crippen LogP contribution is -2.15. The molecule has 0 bridgehead atoms. The van der Waals surface area contributed by atoms with Crippen LogP contribution in [0.2, 0.25) is 0 Å². The van der Waals surface area contributed by atoms with Crippen molar-refractivity contribution in [2.24, 2.45) is 0 Å². The average molecular weight is 566 g/mol. The maximum atomic E-state index is 6.64. The lowest BCUT2D eigenvalue weighted by Gasteiger charge is -2.26. The van der Waals surface area contributed by atoms with Gasteiger partial charge in [-0.3, -0.25) is 0 Å². The summed E-state index contributed by atoms with van der Waals surface area (Å²) in [5.74, 6) is 0. The number of hydrogen-bond donors (Lipinski definition) is 0. The molecular weight excluding hydrogens is 534 g/mol. The molecule has 2 nitrogen and oxygen atoms in total. The summed E-state index contributed by atoms with van der Waals surface area (Å²) >= 11 is 0. The topological polar surface area (TPSA) is 16.4 Å². The van der Waals surface area contributed by atoms with Crippen molar-refractivity contribution < 1.29 is 4.42 Å². The van der Waals surface area contributed by atoms with Crippen LogP contribution < -0.4 is 4.90 Å². The van der Waals surface area contributed by atoms with E-state index in [0.29, 0.717) is 0 Å². The molecule has 0 atom stereocenters. The highest BCUT2D eigenvalue weighted by Gasteiger charge is 2.36. The van der Waals surface area contributed by atoms with Crippen LogP contribution in [0, 0.1) is 6.92 Å². The molecule has 1 aliphatic rings. The van der Waals surface area contributed by atoms with Crippen molar-refractivity contribution in [2.75, 3.05) is 4.90 Å². The number of furan rings is 1. The minimum Gasteiger partial charge on any atom is -0.454 e. The monoisotopic (exact) mass is 565 g/mol. The van der Waals surface area contributed by atoms with E-state index in [1.54, 1.807) is 0 Å². The number of rotatable bonds is 3. The van der Waals surface area contributed by atoms with Gasteiger partial charge >= 0.3 is 0 Å². The first kappa shape index (κ1) is 25.2. The smallest absolute Gasteiger partial charge is 0.159 e. The van der Waals surface area contributed by atoms with Crippen LogP contribution in [-0.2, 0) is 5.41 Å². The van der Waals surface area contributed by atoms with E-state index in [1.807, 2.05) is 0 Å². The molecule has 0 saturated carbocycles. The van der Waals surface area contributed by atoms with Gasteiger partial charge in [-0.25, -0.2) is 0 Å². The fraction of sp³-hybridized carbons (Fsp3) is 0.0952. The Bertz CT molecular complexity index is 2430. The molecule has 44 heavy (non-hydrogen) atoms. The first-order valence-electron chi connectivity index (χ1n) is 15.4. The summed E-state index contributed by atoms with van der Waals surface area (Å²) in [4.78, 5) is 2.33. The third-order valence-corrected chi connectivity index (χ3v) is 9.72. The van der Waals surface area contributed by atoms with Gasteiger partial charge in [-0.2, -0.15) is 0 Å². The van der Waals surface area contributed by atoms with Crippen molar-refractivity contribution in [3.05, 3.63) is 150 Å². The summed E-state index contributed by atoms with van der Waals surface area (Å²) in [6.07, 6.45) is 0. The number of para-hydroxylation sites is 3. The van der Waals surface area contributed by atoms with Crippen molar-refractivity contribution in [1.29, 1.82) is 0 Å². The molecule has 0 radical (unpaired) electrons. The number of anilines is 3. The zero-order chi connectivity index (χ0) is 29.6. The van der Waals surface area contributed by atoms with E-state index in [1.165, 1.54) is 43.8 Å². The van der Waals surface area contributed by atoms with Crippen molar-refractivity contribution in [3.8, 4) is 11.1 Å². The zero-order valence-electron chi connectivity index (χ0n) is 25.1. The van der Waals surface area contributed by atoms with Crippen molar-refractivity contribution in [1.82, 2.24) is 0 Å². The number of hydrogen-bond acceptors (Lipinski definition) is 2. The van der Waals surface area contributed by atoms with E-state index < -0.39 is 0 Å². The van der Waals surface area contributed by atoms with Gasteiger partial charge in [0.25, 0.3) is 0 Å². The number of aryl methyl sites for hydroxylation is 1. The van der Waals surface area contributed by atoms with Gasteiger partial charge in [-0.15, -0.1) is 0 Å². The summed E-state index contributed by atoms with van der Waals surface area (Å²) in [6.45, 7) is 6.84. The molecule has 2 heteroatoms. The Labute approximate surface area is 256 Å². The van der Waals surface area contributed by atoms with Crippen LogP contribution in [0.4, 0.5) is 17.1 Å². The Morgan fingerprint density at radius 2 is 1.25 bits per heavy atom. The van der Waals surface area contributed by atoms with Crippen LogP contribution in [0.3, 0.4) is 0 Å². The molecule has 1 aliphatic carbocycles. The Kier molecular flexibility index (Phi) is 5.20. The summed E-state index contributed by atoms with van der Waals surface area (Å²) in [7, 11) is 0. The third kappa shape index (κ3) is 3.48. The number of nitrogens with zero attached hydrogens (tertiary/aromatic N) is 1. The van der Waals surface area contributed by atoms with Crippen LogP contribution in [0.15, 0.2) is 138 Å². The molecule has 1 heterocycles. The molecule has 9 rings (SSSR count). The fourth-order valence-electron chi connectivity index (χ4n) is 7.50. The van der Waals surface area contributed by atoms with Crippen LogP contribution in [0.5, 0.6) is 0 Å². The van der Waals surface area contributed by atoms with Gasteiger partial charge in [0.05, 0.1) is 5.69 Å². The van der Waals surface area contributed by atoms with Crippen molar-refractivity contribution in [3.63, 3.8) is 0 Å². The predicted octanol–water partition coefficient (Wildman–Crippen LogP) is 12.0. The Morgan fingerprint density at radius 3 is 2.11 bits per heavy atom. The lowest BCUT2D eigenvalue weighted by atomic mass is 9.81. The molecule has 0 amide bonds. The molecule has 0 unspecified atom stereocenters. The molecule has 8 aromatic rings. The van der Waals surface area contributed by atoms with Crippen LogP contribution in [-0.4, -0.2) is 0 Å². The molecule has 0 aliphatic heterocycles. The molecule has 0 N–H and O–H groups in total. The molecular formula is C42H31NO. The zero-order valence-corrected chi connectivity index (χ0v) is 25.1. The lowest BCUT2D eigenvalue weighted by molar-refractivity contribution is 0.661. The van der Waals surface area contributed by atoms with E-state index in [0.717, 1.165) is 44.6 Å². The quantitative estimate of drug-likeness (QED) is 0.212. The van der Waals surface area contributed by atoms with Gasteiger partial charge < -0.3 is 9.32 Å². The highest BCUT2D eigenvalue weighted by atomic mass is 16.3. The van der Waals surface area contributed by atoms with E-state index in [4.69, 9.17) is 4.42 Å². The van der Waals surface area contributed by atoms with Crippen LogP contribution >= 0.6 is 0 Å². The summed E-state index contributed by atoms with van der Waals surface area (Å²) in [5, 5.41) is 7.39. The van der Waals surface area contributed by atoms with Crippen molar-refractivity contribution >= 4 is 60.5 Å². The second-order valence-corrected chi connectivity index (χ2v) is 12.6. The average Bonchev–Trinajstić information content (AvgIpc) is 3.55. The van der Waals surface area contributed by atoms with Crippen LogP contribution in [0.25, 0.3) is 54.6 Å². The molecule has 0 saturated heterocycles. The highest BCUT2D eigenvalue weighted by Crippen LogP contribution is 2.53. The minimum absolute atomic E-state index is 0.0876. The largest absolute Gasteiger partial charge is 0.454 e. The normalized spacial score (nSPS) is 13.5. The third-order valence-electron chi connectivity index (χ3n) is 9.72. The summed E-state index contributed by atoms with van der Waals surface area (Å²) in [6, 6.07) is 48.6. The highest BCUT2D eigenvalue weighted by molar-refractivity contribution is 6.11. The van der Waals surface area contributed by atoms with Gasteiger partial charge in [0.2, 0.25) is 0 Å². The van der Waals surface area contributed by atoms with Gasteiger partial charge in [0, 0.05) is 27.6 Å². The van der Waals surface area contributed by atoms with E-state index in [9.17, 15) is 0 Å². The molecule has 0 fully saturated rings. The van der Waals surface area contributed by atoms with Crippen molar-refractivity contribution in [2.45, 2.75) is 26.2 Å². The van der Waals surface area contributed by atoms with E-state index >= 15 is 0 Å². The van der Waals surface area contributed by atoms with Gasteiger partial charge in [-0.1, -0.05) is 105 Å². The predicted molar refractivity (Wildman–Crippen MR) is 186 cm³/mol. The number of fused-ring (bicyclic) bond motifs is 9. The summed E-state index contributed by atoms with van der Waals surface area (Å²) < 4.78 is 6.64. The van der Waals surface area contributed by atoms with Gasteiger partial charge in [0.1, 0.15) is 5.58 Å². The Morgan fingerprint density at radius 1 is 0.523 bits per heavy atom. The Balaban J connectivity index is 1.27. The Hall–Kier alpha value is -5.34. The second kappa shape index (κ2) is 9.08. The maximum absolute atomic E-state index is 6.64. The molecule has 7 aromatic carbocycles. The standard InChI is InChI=1S/C42H31NO/c1-26-11-9-16-33-34-17-10-18-38(41(34)44-40(26)33)43(30-13-5-4-6-14-30)31-21-19-28-24-35-37(25-29(28)23-31)42(2,3)36-22-20-27-12-7-8-15-32(27)39(35)36/h4-25H,1-3H3. The minimum atomic E-state index is -0.0876. The van der Waals surface area contributed by atoms with Crippen LogP contribution in [0.1, 0.15) is 30.5 Å². The van der Waals surface area contributed by atoms with Gasteiger partial charge in [-0.05, 0) is 98.8 Å². The van der Waals surface area contributed by atoms with Gasteiger partial charge in [0.15, 0.2) is 5.58 Å². The summed E-state index contributed by atoms with van der Waals surface area (Å²) in [5.41, 5.74) is 11.7. The SMILES string of the molecule is Cc1cccc2c1oc1c(N(c3ccccc3)c3ccc4cc5c(cc4c3)C(C)(C)c3ccc4ccccc4c3-5)cccc12.